The van der Waals surface area contributed by atoms with Crippen molar-refractivity contribution in [2.45, 2.75) is 19.4 Å². The summed E-state index contributed by atoms with van der Waals surface area (Å²) in [6, 6.07) is 9.24. The van der Waals surface area contributed by atoms with E-state index in [0.29, 0.717) is 34.4 Å². The van der Waals surface area contributed by atoms with Gasteiger partial charge < -0.3 is 10.1 Å². The lowest BCUT2D eigenvalue weighted by atomic mass is 10.1. The van der Waals surface area contributed by atoms with E-state index in [0.717, 1.165) is 11.8 Å². The van der Waals surface area contributed by atoms with Gasteiger partial charge in [-0.15, -0.1) is 0 Å². The fourth-order valence-corrected chi connectivity index (χ4v) is 3.01. The molecule has 0 aliphatic rings. The first-order valence-corrected chi connectivity index (χ1v) is 8.76. The van der Waals surface area contributed by atoms with Gasteiger partial charge in [0.25, 0.3) is 5.56 Å². The van der Waals surface area contributed by atoms with E-state index in [1.165, 1.54) is 4.57 Å². The van der Waals surface area contributed by atoms with Crippen LogP contribution < -0.4 is 10.9 Å². The van der Waals surface area contributed by atoms with Crippen LogP contribution in [-0.4, -0.2) is 34.3 Å². The molecule has 0 fully saturated rings. The number of halogens is 1. The monoisotopic (exact) mass is 372 g/mol. The number of ether oxygens (including phenoxy) is 1. The van der Waals surface area contributed by atoms with Gasteiger partial charge in [-0.2, -0.15) is 4.98 Å². The molecule has 1 atom stereocenters. The molecular weight excluding hydrogens is 352 g/mol. The highest BCUT2D eigenvalue weighted by Crippen LogP contribution is 2.27. The quantitative estimate of drug-likeness (QED) is 0.717. The highest BCUT2D eigenvalue weighted by atomic mass is 35.5. The Morgan fingerprint density at radius 3 is 2.81 bits per heavy atom. The number of anilines is 1. The maximum absolute atomic E-state index is 12.8. The van der Waals surface area contributed by atoms with Crippen molar-refractivity contribution in [2.75, 3.05) is 19.0 Å². The van der Waals surface area contributed by atoms with Crippen LogP contribution in [0.2, 0.25) is 5.02 Å². The molecule has 0 spiro atoms. The minimum atomic E-state index is -0.150. The molecule has 0 amide bonds. The van der Waals surface area contributed by atoms with Gasteiger partial charge in [0.1, 0.15) is 5.65 Å². The van der Waals surface area contributed by atoms with Crippen LogP contribution in [0.25, 0.3) is 22.2 Å². The fourth-order valence-electron chi connectivity index (χ4n) is 2.78. The SMILES string of the molecule is COCCC(C)Nc1ncc2cc(-c3ccccc3Cl)c(=O)n(C)c2n1. The zero-order valence-electron chi connectivity index (χ0n) is 15.0. The van der Waals surface area contributed by atoms with Crippen molar-refractivity contribution in [1.29, 1.82) is 0 Å². The lowest BCUT2D eigenvalue weighted by Crippen LogP contribution is -2.22. The molecule has 1 N–H and O–H groups in total. The van der Waals surface area contributed by atoms with Gasteiger partial charge in [-0.1, -0.05) is 29.8 Å². The first-order valence-electron chi connectivity index (χ1n) is 8.38. The molecule has 2 heterocycles. The summed E-state index contributed by atoms with van der Waals surface area (Å²) in [4.78, 5) is 21.7. The van der Waals surface area contributed by atoms with Gasteiger partial charge in [-0.3, -0.25) is 9.36 Å². The van der Waals surface area contributed by atoms with Gasteiger partial charge >= 0.3 is 0 Å². The van der Waals surface area contributed by atoms with Gasteiger partial charge in [0.05, 0.1) is 0 Å². The molecule has 136 valence electrons. The van der Waals surface area contributed by atoms with Crippen molar-refractivity contribution >= 4 is 28.6 Å². The number of benzene rings is 1. The Bertz CT molecular complexity index is 987. The van der Waals surface area contributed by atoms with Gasteiger partial charge in [-0.25, -0.2) is 4.98 Å². The second kappa shape index (κ2) is 7.85. The summed E-state index contributed by atoms with van der Waals surface area (Å²) in [6.45, 7) is 2.69. The second-order valence-electron chi connectivity index (χ2n) is 6.20. The molecule has 7 heteroatoms. The molecule has 3 rings (SSSR count). The van der Waals surface area contributed by atoms with E-state index in [1.807, 2.05) is 25.1 Å². The topological polar surface area (TPSA) is 69.0 Å². The van der Waals surface area contributed by atoms with Crippen LogP contribution in [0.5, 0.6) is 0 Å². The Hall–Kier alpha value is -2.44. The lowest BCUT2D eigenvalue weighted by molar-refractivity contribution is 0.191. The van der Waals surface area contributed by atoms with E-state index in [4.69, 9.17) is 16.3 Å². The Balaban J connectivity index is 2.02. The molecule has 0 saturated carbocycles. The molecular formula is C19H21ClN4O2. The highest BCUT2D eigenvalue weighted by Gasteiger charge is 2.13. The van der Waals surface area contributed by atoms with Crippen LogP contribution >= 0.6 is 11.6 Å². The van der Waals surface area contributed by atoms with E-state index >= 15 is 0 Å². The minimum absolute atomic E-state index is 0.150. The van der Waals surface area contributed by atoms with Gasteiger partial charge in [0, 0.05) is 54.5 Å². The molecule has 6 nitrogen and oxygen atoms in total. The molecule has 0 saturated heterocycles. The van der Waals surface area contributed by atoms with Crippen LogP contribution in [0.3, 0.4) is 0 Å². The molecule has 0 aliphatic carbocycles. The summed E-state index contributed by atoms with van der Waals surface area (Å²) in [5.41, 5.74) is 1.65. The second-order valence-corrected chi connectivity index (χ2v) is 6.61. The zero-order chi connectivity index (χ0) is 18.7. The van der Waals surface area contributed by atoms with E-state index in [9.17, 15) is 4.79 Å². The highest BCUT2D eigenvalue weighted by molar-refractivity contribution is 6.33. The van der Waals surface area contributed by atoms with E-state index < -0.39 is 0 Å². The number of rotatable bonds is 6. The fraction of sp³-hybridized carbons (Fsp3) is 0.316. The number of aryl methyl sites for hydroxylation is 1. The summed E-state index contributed by atoms with van der Waals surface area (Å²) in [5.74, 6) is 0.488. The summed E-state index contributed by atoms with van der Waals surface area (Å²) < 4.78 is 6.61. The molecule has 1 unspecified atom stereocenters. The standard InChI is InChI=1S/C19H21ClN4O2/c1-12(8-9-26-3)22-19-21-11-13-10-15(14-6-4-5-7-16(14)20)18(25)24(2)17(13)23-19/h4-7,10-12H,8-9H2,1-3H3,(H,21,22,23). The van der Waals surface area contributed by atoms with E-state index in [1.54, 1.807) is 32.5 Å². The summed E-state index contributed by atoms with van der Waals surface area (Å²) in [6.07, 6.45) is 2.55. The Morgan fingerprint density at radius 2 is 2.08 bits per heavy atom. The number of fused-ring (bicyclic) bond motifs is 1. The van der Waals surface area contributed by atoms with Crippen LogP contribution in [0, 0.1) is 0 Å². The molecule has 3 aromatic rings. The smallest absolute Gasteiger partial charge is 0.259 e. The number of hydrogen-bond donors (Lipinski definition) is 1. The van der Waals surface area contributed by atoms with Crippen molar-refractivity contribution in [2.24, 2.45) is 7.05 Å². The third-order valence-electron chi connectivity index (χ3n) is 4.24. The maximum atomic E-state index is 12.8. The lowest BCUT2D eigenvalue weighted by Gasteiger charge is -2.14. The maximum Gasteiger partial charge on any atom is 0.259 e. The van der Waals surface area contributed by atoms with Crippen LogP contribution in [0.1, 0.15) is 13.3 Å². The zero-order valence-corrected chi connectivity index (χ0v) is 15.7. The number of nitrogens with zero attached hydrogens (tertiary/aromatic N) is 3. The van der Waals surface area contributed by atoms with Crippen molar-refractivity contribution in [3.63, 3.8) is 0 Å². The molecule has 26 heavy (non-hydrogen) atoms. The van der Waals surface area contributed by atoms with Crippen LogP contribution in [0.4, 0.5) is 5.95 Å². The van der Waals surface area contributed by atoms with Crippen molar-refractivity contribution in [3.05, 3.63) is 51.9 Å². The number of pyridine rings is 1. The average Bonchev–Trinajstić information content (AvgIpc) is 2.64. The summed E-state index contributed by atoms with van der Waals surface area (Å²) >= 11 is 6.26. The Labute approximate surface area is 156 Å². The Morgan fingerprint density at radius 1 is 1.31 bits per heavy atom. The van der Waals surface area contributed by atoms with E-state index in [2.05, 4.69) is 15.3 Å². The number of aromatic nitrogens is 3. The summed E-state index contributed by atoms with van der Waals surface area (Å²) in [7, 11) is 3.38. The number of nitrogens with one attached hydrogen (secondary N) is 1. The van der Waals surface area contributed by atoms with Crippen molar-refractivity contribution in [3.8, 4) is 11.1 Å². The first-order chi connectivity index (χ1) is 12.5. The van der Waals surface area contributed by atoms with Crippen molar-refractivity contribution in [1.82, 2.24) is 14.5 Å². The third kappa shape index (κ3) is 3.71. The predicted molar refractivity (Wildman–Crippen MR) is 105 cm³/mol. The molecule has 0 radical (unpaired) electrons. The molecule has 0 bridgehead atoms. The minimum Gasteiger partial charge on any atom is -0.385 e. The molecule has 2 aromatic heterocycles. The Kier molecular flexibility index (Phi) is 5.54. The number of hydrogen-bond acceptors (Lipinski definition) is 5. The van der Waals surface area contributed by atoms with Gasteiger partial charge in [0.2, 0.25) is 5.95 Å². The first kappa shape index (κ1) is 18.4. The third-order valence-corrected chi connectivity index (χ3v) is 4.57. The summed E-state index contributed by atoms with van der Waals surface area (Å²) in [5, 5.41) is 4.54. The average molecular weight is 373 g/mol. The normalized spacial score (nSPS) is 12.3. The molecule has 1 aromatic carbocycles. The van der Waals surface area contributed by atoms with Crippen LogP contribution in [-0.2, 0) is 11.8 Å². The van der Waals surface area contributed by atoms with E-state index in [-0.39, 0.29) is 11.6 Å². The van der Waals surface area contributed by atoms with Crippen LogP contribution in [0.15, 0.2) is 41.3 Å². The van der Waals surface area contributed by atoms with Crippen molar-refractivity contribution < 1.29 is 4.74 Å². The number of methoxy groups -OCH3 is 1. The molecule has 0 aliphatic heterocycles. The van der Waals surface area contributed by atoms with Gasteiger partial charge in [-0.05, 0) is 25.5 Å². The predicted octanol–water partition coefficient (Wildman–Crippen LogP) is 3.49. The largest absolute Gasteiger partial charge is 0.385 e. The van der Waals surface area contributed by atoms with Gasteiger partial charge in [0.15, 0.2) is 0 Å².